The van der Waals surface area contributed by atoms with Gasteiger partial charge in [0.15, 0.2) is 5.82 Å². The van der Waals surface area contributed by atoms with Gasteiger partial charge in [-0.05, 0) is 23.8 Å². The Morgan fingerprint density at radius 2 is 2.17 bits per heavy atom. The van der Waals surface area contributed by atoms with Crippen molar-refractivity contribution in [2.24, 2.45) is 5.92 Å². The Kier molecular flexibility index (Phi) is 5.80. The number of allylic oxidation sites excluding steroid dienone is 2. The van der Waals surface area contributed by atoms with Gasteiger partial charge in [0.25, 0.3) is 0 Å². The fraction of sp³-hybridized carbons (Fsp3) is 0.250. The van der Waals surface area contributed by atoms with Crippen LogP contribution in [0.5, 0.6) is 0 Å². The van der Waals surface area contributed by atoms with E-state index in [0.717, 1.165) is 12.1 Å². The molecule has 0 spiro atoms. The molecule has 0 radical (unpaired) electrons. The van der Waals surface area contributed by atoms with Gasteiger partial charge in [-0.2, -0.15) is 18.4 Å². The van der Waals surface area contributed by atoms with E-state index >= 15 is 0 Å². The number of anilines is 1. The maximum absolute atomic E-state index is 12.8. The molecule has 1 aliphatic rings. The van der Waals surface area contributed by atoms with Crippen molar-refractivity contribution in [1.82, 2.24) is 9.55 Å². The van der Waals surface area contributed by atoms with Gasteiger partial charge >= 0.3 is 6.18 Å². The van der Waals surface area contributed by atoms with Crippen LogP contribution in [0.3, 0.4) is 0 Å². The smallest absolute Gasteiger partial charge is 0.331 e. The Bertz CT molecular complexity index is 1030. The molecule has 2 aromatic rings. The van der Waals surface area contributed by atoms with E-state index in [1.165, 1.54) is 18.5 Å². The molecule has 0 bridgehead atoms. The van der Waals surface area contributed by atoms with Gasteiger partial charge < -0.3 is 9.98 Å². The van der Waals surface area contributed by atoms with Crippen LogP contribution in [0.4, 0.5) is 19.0 Å². The van der Waals surface area contributed by atoms with Crippen LogP contribution in [0.25, 0.3) is 0 Å². The molecule has 5 nitrogen and oxygen atoms in total. The minimum atomic E-state index is -4.38. The SMILES string of the molecule is CC(CC#N)C(=N)/C=C(/Cl)C1=CN1c1cn(Cc2cccc(C(F)(F)F)c2)cn1. The first-order chi connectivity index (χ1) is 13.7. The van der Waals surface area contributed by atoms with E-state index in [9.17, 15) is 13.2 Å². The first-order valence-electron chi connectivity index (χ1n) is 8.71. The summed E-state index contributed by atoms with van der Waals surface area (Å²) in [7, 11) is 0. The van der Waals surface area contributed by atoms with Crippen molar-refractivity contribution < 1.29 is 13.2 Å². The molecule has 0 fully saturated rings. The molecule has 2 heterocycles. The Labute approximate surface area is 170 Å². The lowest BCUT2D eigenvalue weighted by molar-refractivity contribution is -0.137. The van der Waals surface area contributed by atoms with Gasteiger partial charge in [-0.3, -0.25) is 4.90 Å². The van der Waals surface area contributed by atoms with Gasteiger partial charge in [-0.15, -0.1) is 0 Å². The topological polar surface area (TPSA) is 68.5 Å². The van der Waals surface area contributed by atoms with E-state index in [1.807, 2.05) is 6.07 Å². The highest BCUT2D eigenvalue weighted by molar-refractivity contribution is 6.34. The van der Waals surface area contributed by atoms with E-state index in [4.69, 9.17) is 22.3 Å². The van der Waals surface area contributed by atoms with E-state index in [2.05, 4.69) is 4.98 Å². The Hall–Kier alpha value is -3.05. The van der Waals surface area contributed by atoms with Crippen LogP contribution in [0.2, 0.25) is 0 Å². The van der Waals surface area contributed by atoms with E-state index in [1.54, 1.807) is 34.9 Å². The van der Waals surface area contributed by atoms with E-state index in [0.29, 0.717) is 22.1 Å². The summed E-state index contributed by atoms with van der Waals surface area (Å²) in [6.07, 6.45) is 2.36. The summed E-state index contributed by atoms with van der Waals surface area (Å²) in [5.74, 6) is 0.364. The third kappa shape index (κ3) is 5.06. The number of nitrogens with zero attached hydrogens (tertiary/aromatic N) is 4. The van der Waals surface area contributed by atoms with Crippen LogP contribution in [0.1, 0.15) is 24.5 Å². The van der Waals surface area contributed by atoms with Crippen molar-refractivity contribution in [2.75, 3.05) is 4.90 Å². The molecular formula is C20H17ClF3N5. The number of rotatable bonds is 7. The van der Waals surface area contributed by atoms with Crippen LogP contribution in [0, 0.1) is 22.7 Å². The fourth-order valence-corrected chi connectivity index (χ4v) is 2.93. The zero-order chi connectivity index (χ0) is 21.2. The summed E-state index contributed by atoms with van der Waals surface area (Å²) >= 11 is 6.24. The lowest BCUT2D eigenvalue weighted by atomic mass is 10.0. The molecular weight excluding hydrogens is 403 g/mol. The van der Waals surface area contributed by atoms with Crippen molar-refractivity contribution in [2.45, 2.75) is 26.1 Å². The predicted octanol–water partition coefficient (Wildman–Crippen LogP) is 5.30. The lowest BCUT2D eigenvalue weighted by Crippen LogP contribution is -2.07. The molecule has 0 aliphatic carbocycles. The fourth-order valence-electron chi connectivity index (χ4n) is 2.68. The average Bonchev–Trinajstić information content (AvgIpc) is 3.34. The third-order valence-corrected chi connectivity index (χ3v) is 4.69. The average molecular weight is 420 g/mol. The summed E-state index contributed by atoms with van der Waals surface area (Å²) in [4.78, 5) is 5.98. The molecule has 150 valence electrons. The summed E-state index contributed by atoms with van der Waals surface area (Å²) < 4.78 is 40.2. The standard InChI is InChI=1S/C20H17ClF3N5/c1-13(5-6-25)17(26)8-16(21)18-10-29(18)19-11-28(12-27-19)9-14-3-2-4-15(7-14)20(22,23)24/h2-4,7-8,10-13,26H,5,9H2,1H3/b16-8+,26-17?. The molecule has 9 heteroatoms. The molecule has 1 atom stereocenters. The van der Waals surface area contributed by atoms with Crippen LogP contribution in [0.15, 0.2) is 59.8 Å². The van der Waals surface area contributed by atoms with Crippen molar-refractivity contribution in [3.8, 4) is 6.07 Å². The van der Waals surface area contributed by atoms with Crippen LogP contribution in [-0.2, 0) is 12.7 Å². The number of imidazole rings is 1. The molecule has 1 aromatic heterocycles. The summed E-state index contributed by atoms with van der Waals surface area (Å²) in [6, 6.07) is 7.19. The number of hydrogen-bond acceptors (Lipinski definition) is 4. The zero-order valence-electron chi connectivity index (χ0n) is 15.4. The number of nitriles is 1. The van der Waals surface area contributed by atoms with Crippen molar-refractivity contribution in [3.63, 3.8) is 0 Å². The van der Waals surface area contributed by atoms with E-state index in [-0.39, 0.29) is 24.6 Å². The molecule has 0 amide bonds. The van der Waals surface area contributed by atoms with Crippen LogP contribution >= 0.6 is 11.6 Å². The lowest BCUT2D eigenvalue weighted by Gasteiger charge is -2.09. The molecule has 1 aliphatic heterocycles. The Morgan fingerprint density at radius 1 is 1.41 bits per heavy atom. The molecule has 0 saturated heterocycles. The molecule has 1 aromatic carbocycles. The molecule has 0 saturated carbocycles. The Balaban J connectivity index is 1.64. The van der Waals surface area contributed by atoms with Crippen molar-refractivity contribution in [3.05, 3.63) is 70.9 Å². The van der Waals surface area contributed by atoms with Gasteiger partial charge in [0.1, 0.15) is 0 Å². The van der Waals surface area contributed by atoms with Crippen LogP contribution < -0.4 is 4.90 Å². The zero-order valence-corrected chi connectivity index (χ0v) is 16.2. The number of hydrogen-bond donors (Lipinski definition) is 1. The number of nitrogens with one attached hydrogen (secondary N) is 1. The second-order valence-corrected chi connectivity index (χ2v) is 7.10. The minimum absolute atomic E-state index is 0.215. The van der Waals surface area contributed by atoms with E-state index < -0.39 is 11.7 Å². The van der Waals surface area contributed by atoms with Gasteiger partial charge in [0.05, 0.1) is 28.7 Å². The second-order valence-electron chi connectivity index (χ2n) is 6.70. The van der Waals surface area contributed by atoms with Gasteiger partial charge in [-0.1, -0.05) is 30.7 Å². The highest BCUT2D eigenvalue weighted by Crippen LogP contribution is 2.36. The quantitative estimate of drug-likeness (QED) is 0.619. The summed E-state index contributed by atoms with van der Waals surface area (Å²) in [5, 5.41) is 17.0. The second kappa shape index (κ2) is 8.13. The molecule has 1 unspecified atom stereocenters. The first kappa shape index (κ1) is 20.7. The maximum atomic E-state index is 12.8. The van der Waals surface area contributed by atoms with Gasteiger partial charge in [0, 0.05) is 37.0 Å². The van der Waals surface area contributed by atoms with Crippen molar-refractivity contribution >= 4 is 23.1 Å². The highest BCUT2D eigenvalue weighted by atomic mass is 35.5. The normalized spacial score (nSPS) is 15.0. The van der Waals surface area contributed by atoms with Crippen molar-refractivity contribution in [1.29, 1.82) is 10.7 Å². The number of benzene rings is 1. The third-order valence-electron chi connectivity index (χ3n) is 4.38. The Morgan fingerprint density at radius 3 is 2.86 bits per heavy atom. The molecule has 3 rings (SSSR count). The molecule has 1 N–H and O–H groups in total. The largest absolute Gasteiger partial charge is 0.416 e. The van der Waals surface area contributed by atoms with Crippen LogP contribution in [-0.4, -0.2) is 15.3 Å². The number of aromatic nitrogens is 2. The maximum Gasteiger partial charge on any atom is 0.416 e. The summed E-state index contributed by atoms with van der Waals surface area (Å²) in [5.41, 5.74) is 0.778. The number of halogens is 4. The molecule has 29 heavy (non-hydrogen) atoms. The van der Waals surface area contributed by atoms with Gasteiger partial charge in [0.2, 0.25) is 0 Å². The van der Waals surface area contributed by atoms with Gasteiger partial charge in [-0.25, -0.2) is 4.98 Å². The summed E-state index contributed by atoms with van der Waals surface area (Å²) in [6.45, 7) is 2.03. The minimum Gasteiger partial charge on any atom is -0.331 e. The monoisotopic (exact) mass is 419 g/mol. The predicted molar refractivity (Wildman–Crippen MR) is 104 cm³/mol. The highest BCUT2D eigenvalue weighted by Gasteiger charge is 2.30. The number of alkyl halides is 3. The first-order valence-corrected chi connectivity index (χ1v) is 9.08.